The zero-order chi connectivity index (χ0) is 26.3. The molecule has 206 valence electrons. The third-order valence-corrected chi connectivity index (χ3v) is 7.97. The van der Waals surface area contributed by atoms with E-state index in [2.05, 4.69) is 27.7 Å². The molecular formula is C28H45N5O4. The lowest BCUT2D eigenvalue weighted by atomic mass is 10.1. The number of likely N-dealkylation sites (tertiary alicyclic amines) is 1. The molecule has 1 saturated heterocycles. The van der Waals surface area contributed by atoms with Crippen molar-refractivity contribution in [1.82, 2.24) is 20.1 Å². The minimum Gasteiger partial charge on any atom is -0.480 e. The summed E-state index contributed by atoms with van der Waals surface area (Å²) in [6.07, 6.45) is 9.86. The van der Waals surface area contributed by atoms with Crippen LogP contribution in [0.2, 0.25) is 0 Å². The van der Waals surface area contributed by atoms with Gasteiger partial charge in [0, 0.05) is 37.4 Å². The summed E-state index contributed by atoms with van der Waals surface area (Å²) < 4.78 is 5.77. The Kier molecular flexibility index (Phi) is 9.65. The summed E-state index contributed by atoms with van der Waals surface area (Å²) in [6.45, 7) is 8.58. The van der Waals surface area contributed by atoms with Crippen molar-refractivity contribution in [3.05, 3.63) is 23.4 Å². The van der Waals surface area contributed by atoms with Crippen molar-refractivity contribution in [3.63, 3.8) is 0 Å². The van der Waals surface area contributed by atoms with Crippen LogP contribution in [-0.4, -0.2) is 88.9 Å². The molecule has 9 heteroatoms. The number of aryl methyl sites for hydroxylation is 2. The first-order valence-electron chi connectivity index (χ1n) is 14.2. The van der Waals surface area contributed by atoms with Crippen LogP contribution in [0, 0.1) is 0 Å². The molecular weight excluding hydrogens is 470 g/mol. The monoisotopic (exact) mass is 515 g/mol. The summed E-state index contributed by atoms with van der Waals surface area (Å²) in [6, 6.07) is 3.24. The molecule has 9 nitrogen and oxygen atoms in total. The van der Waals surface area contributed by atoms with Crippen molar-refractivity contribution in [2.75, 3.05) is 44.6 Å². The van der Waals surface area contributed by atoms with Crippen LogP contribution in [-0.2, 0) is 22.4 Å². The van der Waals surface area contributed by atoms with E-state index in [0.29, 0.717) is 19.6 Å². The third kappa shape index (κ3) is 7.80. The lowest BCUT2D eigenvalue weighted by molar-refractivity contribution is -0.139. The van der Waals surface area contributed by atoms with Gasteiger partial charge in [0.05, 0.1) is 12.7 Å². The van der Waals surface area contributed by atoms with E-state index in [4.69, 9.17) is 9.72 Å². The van der Waals surface area contributed by atoms with Gasteiger partial charge >= 0.3 is 12.0 Å². The lowest BCUT2D eigenvalue weighted by Gasteiger charge is -2.28. The number of carbonyl (C=O) groups excluding carboxylic acids is 1. The number of anilines is 1. The van der Waals surface area contributed by atoms with Crippen molar-refractivity contribution in [1.29, 1.82) is 0 Å². The van der Waals surface area contributed by atoms with Gasteiger partial charge in [0.2, 0.25) is 0 Å². The Morgan fingerprint density at radius 2 is 2.03 bits per heavy atom. The average molecular weight is 516 g/mol. The zero-order valence-corrected chi connectivity index (χ0v) is 22.6. The summed E-state index contributed by atoms with van der Waals surface area (Å²) in [5.41, 5.74) is 2.44. The van der Waals surface area contributed by atoms with Crippen molar-refractivity contribution in [3.8, 4) is 0 Å². The summed E-state index contributed by atoms with van der Waals surface area (Å²) in [5, 5.41) is 16.0. The van der Waals surface area contributed by atoms with E-state index >= 15 is 0 Å². The summed E-state index contributed by atoms with van der Waals surface area (Å²) in [7, 11) is 0. The molecule has 1 atom stereocenters. The molecule has 0 unspecified atom stereocenters. The number of urea groups is 1. The number of rotatable bonds is 14. The topological polar surface area (TPSA) is 107 Å². The number of nitrogens with one attached hydrogen (secondary N) is 2. The summed E-state index contributed by atoms with van der Waals surface area (Å²) in [4.78, 5) is 33.8. The van der Waals surface area contributed by atoms with Gasteiger partial charge in [-0.25, -0.2) is 14.6 Å². The van der Waals surface area contributed by atoms with E-state index in [1.54, 1.807) is 0 Å². The normalized spacial score (nSPS) is 18.6. The molecule has 1 aliphatic carbocycles. The number of hydrogen-bond acceptors (Lipinski definition) is 6. The molecule has 0 aromatic carbocycles. The minimum atomic E-state index is -0.970. The number of aromatic nitrogens is 1. The van der Waals surface area contributed by atoms with Crippen LogP contribution in [0.3, 0.4) is 0 Å². The number of nitrogens with zero attached hydrogens (tertiary/aromatic N) is 3. The maximum Gasteiger partial charge on any atom is 0.326 e. The number of fused-ring (bicyclic) bond motifs is 1. The van der Waals surface area contributed by atoms with Crippen molar-refractivity contribution in [2.45, 2.75) is 95.7 Å². The fourth-order valence-corrected chi connectivity index (χ4v) is 5.62. The Morgan fingerprint density at radius 1 is 1.19 bits per heavy atom. The molecule has 2 fully saturated rings. The first-order valence-corrected chi connectivity index (χ1v) is 14.2. The molecule has 1 aromatic rings. The SMILES string of the molecule is CC(C)OCCN(CCCCc1ccc2c(n1)NCCC2)CC[C@H](NC(=O)N1CCCC12CC2)C(=O)O. The van der Waals surface area contributed by atoms with Crippen LogP contribution in [0.1, 0.15) is 76.5 Å². The van der Waals surface area contributed by atoms with Crippen LogP contribution < -0.4 is 10.6 Å². The van der Waals surface area contributed by atoms with E-state index < -0.39 is 12.0 Å². The number of unbranched alkanes of at least 4 members (excludes halogenated alkanes) is 1. The lowest BCUT2D eigenvalue weighted by Crippen LogP contribution is -2.51. The molecule has 37 heavy (non-hydrogen) atoms. The molecule has 0 bridgehead atoms. The van der Waals surface area contributed by atoms with Gasteiger partial charge in [-0.3, -0.25) is 0 Å². The Morgan fingerprint density at radius 3 is 2.78 bits per heavy atom. The Labute approximate surface area is 221 Å². The van der Waals surface area contributed by atoms with Gasteiger partial charge in [0.15, 0.2) is 0 Å². The van der Waals surface area contributed by atoms with E-state index in [0.717, 1.165) is 95.5 Å². The zero-order valence-electron chi connectivity index (χ0n) is 22.6. The molecule has 3 heterocycles. The molecule has 2 amide bonds. The van der Waals surface area contributed by atoms with Gasteiger partial charge in [-0.1, -0.05) is 6.07 Å². The van der Waals surface area contributed by atoms with Crippen LogP contribution >= 0.6 is 0 Å². The maximum absolute atomic E-state index is 12.9. The molecule has 2 aliphatic heterocycles. The Balaban J connectivity index is 1.25. The molecule has 3 N–H and O–H groups in total. The molecule has 1 saturated carbocycles. The number of carbonyl (C=O) groups is 2. The minimum absolute atomic E-state index is 0.0102. The first-order chi connectivity index (χ1) is 17.9. The van der Waals surface area contributed by atoms with Crippen molar-refractivity contribution >= 4 is 17.8 Å². The molecule has 0 radical (unpaired) electrons. The summed E-state index contributed by atoms with van der Waals surface area (Å²) >= 11 is 0. The number of carboxylic acid groups (broad SMARTS) is 1. The van der Waals surface area contributed by atoms with Crippen LogP contribution in [0.5, 0.6) is 0 Å². The highest BCUT2D eigenvalue weighted by atomic mass is 16.5. The smallest absolute Gasteiger partial charge is 0.326 e. The van der Waals surface area contributed by atoms with Gasteiger partial charge < -0.3 is 30.3 Å². The second-order valence-electron chi connectivity index (χ2n) is 11.2. The number of pyridine rings is 1. The summed E-state index contributed by atoms with van der Waals surface area (Å²) in [5.74, 6) is 0.0716. The number of hydrogen-bond donors (Lipinski definition) is 3. The van der Waals surface area contributed by atoms with E-state index in [-0.39, 0.29) is 17.7 Å². The van der Waals surface area contributed by atoms with Gasteiger partial charge in [-0.2, -0.15) is 0 Å². The molecule has 3 aliphatic rings. The van der Waals surface area contributed by atoms with Crippen LogP contribution in [0.25, 0.3) is 0 Å². The van der Waals surface area contributed by atoms with Crippen molar-refractivity contribution < 1.29 is 19.4 Å². The highest BCUT2D eigenvalue weighted by Gasteiger charge is 2.53. The van der Waals surface area contributed by atoms with Gasteiger partial charge in [0.25, 0.3) is 0 Å². The van der Waals surface area contributed by atoms with E-state index in [1.807, 2.05) is 18.7 Å². The second kappa shape index (κ2) is 12.9. The van der Waals surface area contributed by atoms with Crippen LogP contribution in [0.15, 0.2) is 12.1 Å². The molecule has 4 rings (SSSR count). The second-order valence-corrected chi connectivity index (χ2v) is 11.2. The van der Waals surface area contributed by atoms with Crippen LogP contribution in [0.4, 0.5) is 10.6 Å². The molecule has 1 spiro atoms. The first kappa shape index (κ1) is 27.6. The van der Waals surface area contributed by atoms with Crippen molar-refractivity contribution in [2.24, 2.45) is 0 Å². The number of ether oxygens (including phenoxy) is 1. The highest BCUT2D eigenvalue weighted by molar-refractivity contribution is 5.83. The maximum atomic E-state index is 12.9. The van der Waals surface area contributed by atoms with Gasteiger partial charge in [-0.05, 0) is 96.2 Å². The largest absolute Gasteiger partial charge is 0.480 e. The highest BCUT2D eigenvalue weighted by Crippen LogP contribution is 2.49. The predicted octanol–water partition coefficient (Wildman–Crippen LogP) is 3.67. The average Bonchev–Trinajstić information content (AvgIpc) is 3.53. The quantitative estimate of drug-likeness (QED) is 0.325. The Bertz CT molecular complexity index is 920. The number of amides is 2. The van der Waals surface area contributed by atoms with Gasteiger partial charge in [-0.15, -0.1) is 0 Å². The molecule has 1 aromatic heterocycles. The predicted molar refractivity (Wildman–Crippen MR) is 144 cm³/mol. The standard InChI is InChI=1S/C28H45N5O4/c1-21(2)37-20-19-32(16-4-3-8-23-10-9-22-7-5-15-29-25(22)30-23)18-11-24(26(34)35)31-27(36)33-17-6-12-28(33)13-14-28/h9-10,21,24H,3-8,11-20H2,1-2H3,(H,29,30)(H,31,36)(H,34,35)/t24-/m0/s1. The van der Waals surface area contributed by atoms with E-state index in [9.17, 15) is 14.7 Å². The van der Waals surface area contributed by atoms with E-state index in [1.165, 1.54) is 5.56 Å². The third-order valence-electron chi connectivity index (χ3n) is 7.97. The number of aliphatic carboxylic acids is 1. The fourth-order valence-electron chi connectivity index (χ4n) is 5.62. The number of carboxylic acids is 1. The Hall–Kier alpha value is -2.39. The fraction of sp³-hybridized carbons (Fsp3) is 0.750. The van der Waals surface area contributed by atoms with Gasteiger partial charge in [0.1, 0.15) is 11.9 Å².